The van der Waals surface area contributed by atoms with E-state index in [9.17, 15) is 0 Å². The van der Waals surface area contributed by atoms with Crippen molar-refractivity contribution in [3.63, 3.8) is 0 Å². The average molecular weight is 194 g/mol. The van der Waals surface area contributed by atoms with Gasteiger partial charge in [0.15, 0.2) is 0 Å². The summed E-state index contributed by atoms with van der Waals surface area (Å²) < 4.78 is 14.7. The van der Waals surface area contributed by atoms with E-state index in [-0.39, 0.29) is 6.10 Å². The number of rotatable bonds is 8. The second-order valence-electron chi connectivity index (χ2n) is 2.45. The van der Waals surface area contributed by atoms with Gasteiger partial charge in [-0.3, -0.25) is 0 Å². The van der Waals surface area contributed by atoms with Crippen LogP contribution in [0.2, 0.25) is 0 Å². The molecule has 1 aliphatic rings. The van der Waals surface area contributed by atoms with Crippen molar-refractivity contribution in [3.8, 4) is 0 Å². The molecule has 1 fully saturated rings. The lowest BCUT2D eigenvalue weighted by atomic mass is 10.5. The topological polar surface area (TPSA) is 49.5 Å². The van der Waals surface area contributed by atoms with E-state index in [1.54, 1.807) is 0 Å². The fraction of sp³-hybridized carbons (Fsp3) is 1.00. The number of epoxide rings is 1. The molecule has 0 amide bonds. The van der Waals surface area contributed by atoms with Crippen LogP contribution in [0, 0.1) is 0 Å². The van der Waals surface area contributed by atoms with E-state index in [0.717, 1.165) is 13.0 Å². The van der Waals surface area contributed by atoms with Crippen LogP contribution in [0.3, 0.4) is 0 Å². The van der Waals surface area contributed by atoms with E-state index < -0.39 is 10.0 Å². The third-order valence-corrected chi connectivity index (χ3v) is 1.82. The third-order valence-electron chi connectivity index (χ3n) is 1.22. The predicted molar refractivity (Wildman–Crippen MR) is 42.6 cm³/mol. The van der Waals surface area contributed by atoms with E-state index in [1.807, 2.05) is 6.92 Å². The summed E-state index contributed by atoms with van der Waals surface area (Å²) in [6.07, 6.45) is 1.19. The zero-order valence-corrected chi connectivity index (χ0v) is 8.57. The number of hydrogen-bond donors (Lipinski definition) is 0. The molecule has 1 saturated heterocycles. The molecule has 0 aromatic rings. The van der Waals surface area contributed by atoms with Gasteiger partial charge in [0.25, 0.3) is 0 Å². The molecule has 0 saturated carbocycles. The van der Waals surface area contributed by atoms with E-state index >= 15 is 0 Å². The summed E-state index contributed by atoms with van der Waals surface area (Å²) in [5.74, 6) is 0. The van der Waals surface area contributed by atoms with Gasteiger partial charge in [0.1, 0.15) is 6.10 Å². The van der Waals surface area contributed by atoms with Gasteiger partial charge in [0.05, 0.1) is 19.8 Å². The summed E-state index contributed by atoms with van der Waals surface area (Å²) in [7, 11) is -1.05. The van der Waals surface area contributed by atoms with Crippen molar-refractivity contribution in [3.05, 3.63) is 0 Å². The predicted octanol–water partition coefficient (Wildman–Crippen LogP) is -0.310. The lowest BCUT2D eigenvalue weighted by Crippen LogP contribution is -2.10. The Morgan fingerprint density at radius 3 is 3.08 bits per heavy atom. The highest BCUT2D eigenvalue weighted by atomic mass is 28.3. The molecule has 0 bridgehead atoms. The van der Waals surface area contributed by atoms with Crippen molar-refractivity contribution in [2.24, 2.45) is 0 Å². The van der Waals surface area contributed by atoms with Crippen LogP contribution in [0.4, 0.5) is 0 Å². The Morgan fingerprint density at radius 2 is 2.42 bits per heavy atom. The van der Waals surface area contributed by atoms with Gasteiger partial charge in [-0.15, -0.1) is 0 Å². The van der Waals surface area contributed by atoms with Crippen molar-refractivity contribution >= 4 is 10.0 Å². The van der Waals surface area contributed by atoms with Gasteiger partial charge in [-0.05, 0) is 6.42 Å². The molecule has 5 nitrogen and oxygen atoms in total. The van der Waals surface area contributed by atoms with Crippen molar-refractivity contribution < 1.29 is 23.7 Å². The molecule has 1 atom stereocenters. The van der Waals surface area contributed by atoms with Crippen LogP contribution < -0.4 is 0 Å². The zero-order valence-electron chi connectivity index (χ0n) is 7.15. The minimum Gasteiger partial charge on any atom is -0.394 e. The van der Waals surface area contributed by atoms with E-state index in [2.05, 4.69) is 14.5 Å². The highest BCUT2D eigenvalue weighted by Crippen LogP contribution is 2.07. The first-order valence-corrected chi connectivity index (χ1v) is 5.19. The average Bonchev–Trinajstić information content (AvgIpc) is 2.87. The molecule has 12 heavy (non-hydrogen) atoms. The highest BCUT2D eigenvalue weighted by Gasteiger charge is 2.21. The Kier molecular flexibility index (Phi) is 5.49. The third kappa shape index (κ3) is 5.64. The molecule has 0 aromatic carbocycles. The number of ether oxygens (including phenoxy) is 1. The van der Waals surface area contributed by atoms with E-state index in [4.69, 9.17) is 9.16 Å². The maximum Gasteiger partial charge on any atom is 0.349 e. The molecule has 0 N–H and O–H groups in total. The Bertz CT molecular complexity index is 108. The molecule has 72 valence electrons. The van der Waals surface area contributed by atoms with Crippen LogP contribution in [-0.2, 0) is 23.7 Å². The summed E-state index contributed by atoms with van der Waals surface area (Å²) in [4.78, 5) is 4.61. The molecule has 0 radical (unpaired) electrons. The Labute approximate surface area is 73.8 Å². The summed E-state index contributed by atoms with van der Waals surface area (Å²) in [6.45, 7) is 3.95. The fourth-order valence-corrected chi connectivity index (χ4v) is 1.08. The van der Waals surface area contributed by atoms with Gasteiger partial charge in [0, 0.05) is 0 Å². The Balaban J connectivity index is 1.65. The second-order valence-corrected chi connectivity index (χ2v) is 3.33. The van der Waals surface area contributed by atoms with Gasteiger partial charge in [-0.25, -0.2) is 9.46 Å². The van der Waals surface area contributed by atoms with Crippen LogP contribution in [0.25, 0.3) is 0 Å². The Morgan fingerprint density at radius 1 is 1.58 bits per heavy atom. The summed E-state index contributed by atoms with van der Waals surface area (Å²) in [6, 6.07) is 0. The van der Waals surface area contributed by atoms with Crippen LogP contribution >= 0.6 is 0 Å². The standard InChI is InChI=1S/C6H14O5Si/c1-2-3-8-10-11-12-9-5-6-4-7-6/h6H,2-5,12H2,1H3. The fourth-order valence-electron chi connectivity index (χ4n) is 0.549. The van der Waals surface area contributed by atoms with Crippen molar-refractivity contribution in [2.45, 2.75) is 19.4 Å². The van der Waals surface area contributed by atoms with Crippen LogP contribution in [0.1, 0.15) is 13.3 Å². The molecule has 1 unspecified atom stereocenters. The first-order valence-electron chi connectivity index (χ1n) is 4.04. The van der Waals surface area contributed by atoms with Gasteiger partial charge < -0.3 is 9.16 Å². The van der Waals surface area contributed by atoms with E-state index in [0.29, 0.717) is 13.2 Å². The molecular formula is C6H14O5Si. The Hall–Kier alpha value is 0.0169. The minimum atomic E-state index is -1.05. The van der Waals surface area contributed by atoms with E-state index in [1.165, 1.54) is 0 Å². The number of hydrogen-bond acceptors (Lipinski definition) is 5. The maximum atomic E-state index is 5.12. The molecular weight excluding hydrogens is 180 g/mol. The molecule has 1 heterocycles. The molecule has 1 rings (SSSR count). The van der Waals surface area contributed by atoms with Crippen molar-refractivity contribution in [2.75, 3.05) is 19.8 Å². The first kappa shape index (κ1) is 10.1. The van der Waals surface area contributed by atoms with Gasteiger partial charge in [-0.1, -0.05) is 12.0 Å². The molecule has 0 spiro atoms. The van der Waals surface area contributed by atoms with Gasteiger partial charge in [0.2, 0.25) is 0 Å². The zero-order chi connectivity index (χ0) is 8.65. The van der Waals surface area contributed by atoms with Gasteiger partial charge in [-0.2, -0.15) is 0 Å². The lowest BCUT2D eigenvalue weighted by Gasteiger charge is -2.01. The molecule has 0 aromatic heterocycles. The van der Waals surface area contributed by atoms with Crippen molar-refractivity contribution in [1.82, 2.24) is 0 Å². The molecule has 1 aliphatic heterocycles. The van der Waals surface area contributed by atoms with Crippen LogP contribution in [0.15, 0.2) is 0 Å². The summed E-state index contributed by atoms with van der Waals surface area (Å²) >= 11 is 0. The van der Waals surface area contributed by atoms with Crippen LogP contribution in [-0.4, -0.2) is 35.9 Å². The quantitative estimate of drug-likeness (QED) is 0.174. The lowest BCUT2D eigenvalue weighted by molar-refractivity contribution is -0.472. The largest absolute Gasteiger partial charge is 0.394 e. The van der Waals surface area contributed by atoms with Gasteiger partial charge >= 0.3 is 10.0 Å². The SMILES string of the molecule is CCCOOO[SiH2]OCC1CO1. The minimum absolute atomic E-state index is 0.290. The highest BCUT2D eigenvalue weighted by molar-refractivity contribution is 6.17. The maximum absolute atomic E-state index is 5.12. The van der Waals surface area contributed by atoms with Crippen LogP contribution in [0.5, 0.6) is 0 Å². The van der Waals surface area contributed by atoms with Crippen molar-refractivity contribution in [1.29, 1.82) is 0 Å². The summed E-state index contributed by atoms with van der Waals surface area (Å²) in [5, 5.41) is 4.37. The molecule has 0 aliphatic carbocycles. The first-order chi connectivity index (χ1) is 5.93. The second kappa shape index (κ2) is 6.52. The monoisotopic (exact) mass is 194 g/mol. The molecule has 6 heteroatoms. The normalized spacial score (nSPS) is 22.2. The smallest absolute Gasteiger partial charge is 0.349 e. The summed E-state index contributed by atoms with van der Waals surface area (Å²) in [5.41, 5.74) is 0.